The molecule has 0 saturated carbocycles. The summed E-state index contributed by atoms with van der Waals surface area (Å²) in [6.07, 6.45) is 0.384. The van der Waals surface area contributed by atoms with E-state index in [2.05, 4.69) is 0 Å². The highest BCUT2D eigenvalue weighted by Crippen LogP contribution is 2.50. The monoisotopic (exact) mass is 486 g/mol. The van der Waals surface area contributed by atoms with Gasteiger partial charge in [-0.05, 0) is 55.5 Å². The van der Waals surface area contributed by atoms with Crippen molar-refractivity contribution in [2.24, 2.45) is 0 Å². The zero-order valence-electron chi connectivity index (χ0n) is 16.9. The van der Waals surface area contributed by atoms with Crippen molar-refractivity contribution >= 4 is 52.4 Å². The van der Waals surface area contributed by atoms with E-state index in [4.69, 9.17) is 39.5 Å². The Balaban J connectivity index is 1.68. The van der Waals surface area contributed by atoms with Crippen LogP contribution in [0.4, 0.5) is 10.5 Å². The molecule has 2 aliphatic heterocycles. The fraction of sp³-hybridized carbons (Fsp3) is 0.167. The van der Waals surface area contributed by atoms with Crippen LogP contribution >= 0.6 is 34.8 Å². The lowest BCUT2D eigenvalue weighted by atomic mass is 9.88. The van der Waals surface area contributed by atoms with Gasteiger partial charge < -0.3 is 4.74 Å². The maximum Gasteiger partial charge on any atom is 0.335 e. The molecule has 0 aliphatic carbocycles. The summed E-state index contributed by atoms with van der Waals surface area (Å²) in [5.41, 5.74) is 0.546. The minimum atomic E-state index is -0.996. The van der Waals surface area contributed by atoms with Crippen LogP contribution in [0.1, 0.15) is 35.3 Å². The first-order chi connectivity index (χ1) is 15.3. The fourth-order valence-electron chi connectivity index (χ4n) is 4.40. The second kappa shape index (κ2) is 7.69. The van der Waals surface area contributed by atoms with Crippen molar-refractivity contribution in [2.75, 3.05) is 4.90 Å². The third-order valence-corrected chi connectivity index (χ3v) is 6.63. The number of carbonyl (C=O) groups excluding carboxylic acids is 2. The molecule has 32 heavy (non-hydrogen) atoms. The molecule has 1 saturated heterocycles. The predicted molar refractivity (Wildman–Crippen MR) is 125 cm³/mol. The number of hydrogen-bond donors (Lipinski definition) is 0. The Labute approximate surface area is 200 Å². The molecule has 162 valence electrons. The number of fused-ring (bicyclic) bond motifs is 4. The number of imide groups is 1. The van der Waals surface area contributed by atoms with Crippen molar-refractivity contribution in [3.8, 4) is 5.75 Å². The molecule has 1 fully saturated rings. The van der Waals surface area contributed by atoms with Crippen molar-refractivity contribution in [2.45, 2.75) is 25.1 Å². The van der Waals surface area contributed by atoms with Gasteiger partial charge in [0.1, 0.15) is 5.75 Å². The van der Waals surface area contributed by atoms with E-state index in [9.17, 15) is 9.59 Å². The highest BCUT2D eigenvalue weighted by Gasteiger charge is 2.55. The molecule has 3 aromatic rings. The largest absolute Gasteiger partial charge is 0.467 e. The first-order valence-corrected chi connectivity index (χ1v) is 11.1. The molecular formula is C24H17Cl3N2O3. The van der Waals surface area contributed by atoms with E-state index in [0.29, 0.717) is 27.9 Å². The number of benzene rings is 3. The molecular weight excluding hydrogens is 471 g/mol. The van der Waals surface area contributed by atoms with Crippen LogP contribution in [0.3, 0.4) is 0 Å². The summed E-state index contributed by atoms with van der Waals surface area (Å²) >= 11 is 18.4. The van der Waals surface area contributed by atoms with Crippen molar-refractivity contribution in [3.05, 3.63) is 92.9 Å². The predicted octanol–water partition coefficient (Wildman–Crippen LogP) is 6.97. The van der Waals surface area contributed by atoms with Gasteiger partial charge in [0.15, 0.2) is 5.72 Å². The Bertz CT molecular complexity index is 1250. The number of urea groups is 1. The van der Waals surface area contributed by atoms with E-state index in [1.165, 1.54) is 21.9 Å². The van der Waals surface area contributed by atoms with E-state index in [1.54, 1.807) is 30.3 Å². The minimum Gasteiger partial charge on any atom is -0.467 e. The van der Waals surface area contributed by atoms with Gasteiger partial charge in [-0.25, -0.2) is 4.79 Å². The number of para-hydroxylation sites is 1. The molecule has 8 heteroatoms. The molecule has 0 radical (unpaired) electrons. The number of ether oxygens (including phenoxy) is 1. The standard InChI is InChI=1S/C24H17Cl3N2O3/c1-24-13-20(18-4-2-3-5-21(18)32-24)28(22(30)17-11-8-15(26)12-19(17)27)23(31)29(24)16-9-6-14(25)7-10-16/h2-12,20H,13H2,1H3/t20-,24+/m0/s1. The van der Waals surface area contributed by atoms with Gasteiger partial charge in [0.05, 0.1) is 16.6 Å². The minimum absolute atomic E-state index is 0.182. The molecule has 5 rings (SSSR count). The molecule has 0 unspecified atom stereocenters. The van der Waals surface area contributed by atoms with E-state index >= 15 is 0 Å². The third-order valence-electron chi connectivity index (χ3n) is 5.83. The Morgan fingerprint density at radius 3 is 2.41 bits per heavy atom. The van der Waals surface area contributed by atoms with Crippen molar-refractivity contribution < 1.29 is 14.3 Å². The number of amides is 3. The summed E-state index contributed by atoms with van der Waals surface area (Å²) in [6, 6.07) is 17.9. The molecule has 2 heterocycles. The van der Waals surface area contributed by atoms with Gasteiger partial charge in [0.2, 0.25) is 0 Å². The van der Waals surface area contributed by atoms with Crippen LogP contribution in [-0.4, -0.2) is 22.6 Å². The van der Waals surface area contributed by atoms with Crippen LogP contribution in [0.5, 0.6) is 5.75 Å². The van der Waals surface area contributed by atoms with Crippen LogP contribution in [0.15, 0.2) is 66.7 Å². The summed E-state index contributed by atoms with van der Waals surface area (Å²) in [5, 5.41) is 1.13. The molecule has 2 atom stereocenters. The lowest BCUT2D eigenvalue weighted by molar-refractivity contribution is 0.00269. The van der Waals surface area contributed by atoms with Gasteiger partial charge in [0.25, 0.3) is 5.91 Å². The zero-order chi connectivity index (χ0) is 22.6. The Kier molecular flexibility index (Phi) is 5.08. The van der Waals surface area contributed by atoms with Crippen LogP contribution in [0.25, 0.3) is 0 Å². The van der Waals surface area contributed by atoms with Crippen molar-refractivity contribution in [1.29, 1.82) is 0 Å². The highest BCUT2D eigenvalue weighted by molar-refractivity contribution is 6.37. The Morgan fingerprint density at radius 2 is 1.69 bits per heavy atom. The third kappa shape index (κ3) is 3.32. The first kappa shape index (κ1) is 21.1. The normalized spacial score (nSPS) is 21.8. The molecule has 2 aliphatic rings. The second-order valence-electron chi connectivity index (χ2n) is 7.93. The lowest BCUT2D eigenvalue weighted by Gasteiger charge is -2.53. The van der Waals surface area contributed by atoms with E-state index < -0.39 is 23.7 Å². The summed E-state index contributed by atoms with van der Waals surface area (Å²) in [4.78, 5) is 30.3. The maximum atomic E-state index is 13.9. The molecule has 2 bridgehead atoms. The van der Waals surface area contributed by atoms with Gasteiger partial charge in [-0.15, -0.1) is 0 Å². The van der Waals surface area contributed by atoms with Gasteiger partial charge in [-0.3, -0.25) is 14.6 Å². The van der Waals surface area contributed by atoms with Gasteiger partial charge in [0, 0.05) is 27.7 Å². The molecule has 3 amide bonds. The van der Waals surface area contributed by atoms with Crippen LogP contribution in [0, 0.1) is 0 Å². The number of anilines is 1. The van der Waals surface area contributed by atoms with Gasteiger partial charge >= 0.3 is 6.03 Å². The summed E-state index contributed by atoms with van der Waals surface area (Å²) in [5.74, 6) is 0.122. The molecule has 3 aromatic carbocycles. The van der Waals surface area contributed by atoms with Gasteiger partial charge in [-0.1, -0.05) is 53.0 Å². The Hall–Kier alpha value is -2.73. The number of carbonyl (C=O) groups is 2. The smallest absolute Gasteiger partial charge is 0.335 e. The number of halogens is 3. The Morgan fingerprint density at radius 1 is 1.00 bits per heavy atom. The molecule has 5 nitrogen and oxygen atoms in total. The molecule has 0 aromatic heterocycles. The quantitative estimate of drug-likeness (QED) is 0.392. The molecule has 0 N–H and O–H groups in total. The number of hydrogen-bond acceptors (Lipinski definition) is 3. The van der Waals surface area contributed by atoms with Gasteiger partial charge in [-0.2, -0.15) is 0 Å². The average Bonchev–Trinajstić information content (AvgIpc) is 2.74. The summed E-state index contributed by atoms with van der Waals surface area (Å²) in [7, 11) is 0. The highest BCUT2D eigenvalue weighted by atomic mass is 35.5. The summed E-state index contributed by atoms with van der Waals surface area (Å²) < 4.78 is 6.32. The van der Waals surface area contributed by atoms with Crippen molar-refractivity contribution in [1.82, 2.24) is 4.90 Å². The lowest BCUT2D eigenvalue weighted by Crippen LogP contribution is -2.67. The van der Waals surface area contributed by atoms with E-state index in [1.807, 2.05) is 31.2 Å². The zero-order valence-corrected chi connectivity index (χ0v) is 19.2. The summed E-state index contributed by atoms with van der Waals surface area (Å²) in [6.45, 7) is 1.85. The second-order valence-corrected chi connectivity index (χ2v) is 9.21. The van der Waals surface area contributed by atoms with Crippen LogP contribution in [-0.2, 0) is 0 Å². The maximum absolute atomic E-state index is 13.9. The molecule has 0 spiro atoms. The number of rotatable bonds is 2. The van der Waals surface area contributed by atoms with E-state index in [-0.39, 0.29) is 10.6 Å². The van der Waals surface area contributed by atoms with Crippen LogP contribution < -0.4 is 9.64 Å². The van der Waals surface area contributed by atoms with Crippen molar-refractivity contribution in [3.63, 3.8) is 0 Å². The number of nitrogens with zero attached hydrogens (tertiary/aromatic N) is 2. The fourth-order valence-corrected chi connectivity index (χ4v) is 5.02. The SMILES string of the molecule is C[C@]12C[C@@H](c3ccccc3O1)N(C(=O)c1ccc(Cl)cc1Cl)C(=O)N2c1ccc(Cl)cc1. The topological polar surface area (TPSA) is 49.9 Å². The average molecular weight is 488 g/mol. The van der Waals surface area contributed by atoms with E-state index in [0.717, 1.165) is 5.56 Å². The van der Waals surface area contributed by atoms with Crippen LogP contribution in [0.2, 0.25) is 15.1 Å². The first-order valence-electron chi connectivity index (χ1n) is 9.95.